The van der Waals surface area contributed by atoms with Gasteiger partial charge >= 0.3 is 12.3 Å². The fourth-order valence-electron chi connectivity index (χ4n) is 1.79. The molecule has 20 heavy (non-hydrogen) atoms. The highest BCUT2D eigenvalue weighted by molar-refractivity contribution is 5.68. The van der Waals surface area contributed by atoms with Gasteiger partial charge in [0.15, 0.2) is 6.10 Å². The second kappa shape index (κ2) is 6.17. The molecule has 1 amide bonds. The average molecular weight is 298 g/mol. The molecule has 0 saturated carbocycles. The number of aliphatic hydroxyl groups is 1. The monoisotopic (exact) mass is 298 g/mol. The summed E-state index contributed by atoms with van der Waals surface area (Å²) in [7, 11) is 0. The molecule has 5 nitrogen and oxygen atoms in total. The molecule has 0 aromatic rings. The zero-order valence-electron chi connectivity index (χ0n) is 11.9. The first-order valence-electron chi connectivity index (χ1n) is 6.44. The normalized spacial score (nSPS) is 19.9. The van der Waals surface area contributed by atoms with Crippen molar-refractivity contribution in [3.8, 4) is 0 Å². The molecule has 0 aromatic carbocycles. The standard InChI is InChI=1S/C12H21F3N2O3/c1-11(2,3)20-10(19)17-6-4-16(5-7-17)8-9(18)12(13,14)15/h9,18H,4-8H2,1-3H3/t9-/m1/s1. The maximum atomic E-state index is 12.2. The number of hydrogen-bond donors (Lipinski definition) is 1. The lowest BCUT2D eigenvalue weighted by molar-refractivity contribution is -0.208. The molecule has 1 heterocycles. The zero-order chi connectivity index (χ0) is 15.6. The van der Waals surface area contributed by atoms with Crippen LogP contribution < -0.4 is 0 Å². The summed E-state index contributed by atoms with van der Waals surface area (Å²) in [6, 6.07) is 0. The van der Waals surface area contributed by atoms with Crippen LogP contribution in [0.1, 0.15) is 20.8 Å². The van der Waals surface area contributed by atoms with Gasteiger partial charge in [-0.15, -0.1) is 0 Å². The summed E-state index contributed by atoms with van der Waals surface area (Å²) < 4.78 is 41.9. The first-order chi connectivity index (χ1) is 8.99. The highest BCUT2D eigenvalue weighted by Gasteiger charge is 2.39. The number of hydrogen-bond acceptors (Lipinski definition) is 4. The van der Waals surface area contributed by atoms with E-state index >= 15 is 0 Å². The van der Waals surface area contributed by atoms with Crippen LogP contribution in [-0.2, 0) is 4.74 Å². The number of carbonyl (C=O) groups is 1. The number of alkyl halides is 3. The molecule has 1 aliphatic rings. The van der Waals surface area contributed by atoms with Crippen molar-refractivity contribution in [2.75, 3.05) is 32.7 Å². The summed E-state index contributed by atoms with van der Waals surface area (Å²) >= 11 is 0. The van der Waals surface area contributed by atoms with Gasteiger partial charge in [-0.1, -0.05) is 0 Å². The molecule has 0 spiro atoms. The number of nitrogens with zero attached hydrogens (tertiary/aromatic N) is 2. The number of β-amino-alcohol motifs (C(OH)–C–C–N with tert-alkyl or cyclic N) is 1. The third-order valence-electron chi connectivity index (χ3n) is 2.83. The molecule has 0 radical (unpaired) electrons. The summed E-state index contributed by atoms with van der Waals surface area (Å²) in [6.45, 7) is 5.94. The largest absolute Gasteiger partial charge is 0.444 e. The van der Waals surface area contributed by atoms with E-state index in [9.17, 15) is 18.0 Å². The second-order valence-corrected chi connectivity index (χ2v) is 5.83. The van der Waals surface area contributed by atoms with Crippen molar-refractivity contribution in [3.05, 3.63) is 0 Å². The van der Waals surface area contributed by atoms with Crippen LogP contribution in [0.15, 0.2) is 0 Å². The number of halogens is 3. The summed E-state index contributed by atoms with van der Waals surface area (Å²) in [5.74, 6) is 0. The van der Waals surface area contributed by atoms with E-state index < -0.39 is 30.5 Å². The molecule has 1 N–H and O–H groups in total. The fraction of sp³-hybridized carbons (Fsp3) is 0.917. The average Bonchev–Trinajstić information content (AvgIpc) is 2.26. The molecule has 1 aliphatic heterocycles. The van der Waals surface area contributed by atoms with Gasteiger partial charge < -0.3 is 14.7 Å². The maximum absolute atomic E-state index is 12.2. The lowest BCUT2D eigenvalue weighted by Gasteiger charge is -2.36. The van der Waals surface area contributed by atoms with Crippen molar-refractivity contribution in [2.45, 2.75) is 38.7 Å². The van der Waals surface area contributed by atoms with E-state index in [-0.39, 0.29) is 13.1 Å². The van der Waals surface area contributed by atoms with Crippen molar-refractivity contribution < 1.29 is 27.8 Å². The van der Waals surface area contributed by atoms with Crippen molar-refractivity contribution in [1.82, 2.24) is 9.80 Å². The number of ether oxygens (including phenoxy) is 1. The molecule has 0 aliphatic carbocycles. The van der Waals surface area contributed by atoms with Crippen LogP contribution in [0.25, 0.3) is 0 Å². The van der Waals surface area contributed by atoms with Gasteiger partial charge in [0.25, 0.3) is 0 Å². The van der Waals surface area contributed by atoms with E-state index in [1.54, 1.807) is 20.8 Å². The number of carbonyl (C=O) groups excluding carboxylic acids is 1. The van der Waals surface area contributed by atoms with Gasteiger partial charge in [-0.3, -0.25) is 4.90 Å². The Bertz CT molecular complexity index is 334. The van der Waals surface area contributed by atoms with Crippen LogP contribution in [0.4, 0.5) is 18.0 Å². The first kappa shape index (κ1) is 17.0. The van der Waals surface area contributed by atoms with E-state index in [4.69, 9.17) is 9.84 Å². The van der Waals surface area contributed by atoms with Crippen LogP contribution in [0, 0.1) is 0 Å². The van der Waals surface area contributed by atoms with Gasteiger partial charge in [-0.05, 0) is 20.8 Å². The lowest BCUT2D eigenvalue weighted by Crippen LogP contribution is -2.52. The second-order valence-electron chi connectivity index (χ2n) is 5.83. The maximum Gasteiger partial charge on any atom is 0.415 e. The van der Waals surface area contributed by atoms with Crippen LogP contribution in [0.2, 0.25) is 0 Å². The quantitative estimate of drug-likeness (QED) is 0.838. The Morgan fingerprint density at radius 2 is 1.70 bits per heavy atom. The first-order valence-corrected chi connectivity index (χ1v) is 6.44. The van der Waals surface area contributed by atoms with Gasteiger partial charge in [0, 0.05) is 32.7 Å². The van der Waals surface area contributed by atoms with E-state index in [0.717, 1.165) is 0 Å². The summed E-state index contributed by atoms with van der Waals surface area (Å²) in [4.78, 5) is 14.7. The highest BCUT2D eigenvalue weighted by Crippen LogP contribution is 2.21. The Morgan fingerprint density at radius 3 is 2.10 bits per heavy atom. The summed E-state index contributed by atoms with van der Waals surface area (Å²) in [6.07, 6.45) is -7.42. The topological polar surface area (TPSA) is 53.0 Å². The van der Waals surface area contributed by atoms with Crippen LogP contribution in [-0.4, -0.2) is 71.6 Å². The molecule has 0 bridgehead atoms. The van der Waals surface area contributed by atoms with E-state index in [2.05, 4.69) is 0 Å². The molecule has 118 valence electrons. The Kier molecular flexibility index (Phi) is 5.26. The van der Waals surface area contributed by atoms with Crippen LogP contribution in [0.5, 0.6) is 0 Å². The van der Waals surface area contributed by atoms with Gasteiger partial charge in [0.2, 0.25) is 0 Å². The molecule has 1 atom stereocenters. The predicted octanol–water partition coefficient (Wildman–Crippen LogP) is 1.46. The minimum Gasteiger partial charge on any atom is -0.444 e. The van der Waals surface area contributed by atoms with Crippen molar-refractivity contribution in [1.29, 1.82) is 0 Å². The zero-order valence-corrected chi connectivity index (χ0v) is 11.9. The van der Waals surface area contributed by atoms with Crippen LogP contribution in [0.3, 0.4) is 0 Å². The van der Waals surface area contributed by atoms with Crippen molar-refractivity contribution in [2.24, 2.45) is 0 Å². The number of aliphatic hydroxyl groups excluding tert-OH is 1. The fourth-order valence-corrected chi connectivity index (χ4v) is 1.79. The van der Waals surface area contributed by atoms with E-state index in [1.807, 2.05) is 0 Å². The van der Waals surface area contributed by atoms with E-state index in [1.165, 1.54) is 9.80 Å². The van der Waals surface area contributed by atoms with Crippen molar-refractivity contribution >= 4 is 6.09 Å². The minimum atomic E-state index is -4.61. The van der Waals surface area contributed by atoms with Gasteiger partial charge in [0.05, 0.1) is 0 Å². The predicted molar refractivity (Wildman–Crippen MR) is 66.3 cm³/mol. The Balaban J connectivity index is 2.39. The van der Waals surface area contributed by atoms with Crippen molar-refractivity contribution in [3.63, 3.8) is 0 Å². The molecule has 0 unspecified atom stereocenters. The van der Waals surface area contributed by atoms with Gasteiger partial charge in [-0.2, -0.15) is 13.2 Å². The third-order valence-corrected chi connectivity index (χ3v) is 2.83. The molecule has 1 fully saturated rings. The molecule has 8 heteroatoms. The smallest absolute Gasteiger partial charge is 0.415 e. The Hall–Kier alpha value is -1.02. The third kappa shape index (κ3) is 5.54. The molecular weight excluding hydrogens is 277 g/mol. The molecule has 0 aromatic heterocycles. The molecular formula is C12H21F3N2O3. The summed E-state index contributed by atoms with van der Waals surface area (Å²) in [5.41, 5.74) is -0.597. The number of piperazine rings is 1. The van der Waals surface area contributed by atoms with E-state index in [0.29, 0.717) is 13.1 Å². The van der Waals surface area contributed by atoms with Gasteiger partial charge in [0.1, 0.15) is 5.60 Å². The minimum absolute atomic E-state index is 0.284. The Labute approximate surface area is 116 Å². The highest BCUT2D eigenvalue weighted by atomic mass is 19.4. The SMILES string of the molecule is CC(C)(C)OC(=O)N1CCN(C[C@@H](O)C(F)(F)F)CC1. The summed E-state index contributed by atoms with van der Waals surface area (Å²) in [5, 5.41) is 8.99. The number of rotatable bonds is 2. The van der Waals surface area contributed by atoms with Crippen LogP contribution >= 0.6 is 0 Å². The number of amides is 1. The molecule has 1 rings (SSSR count). The lowest BCUT2D eigenvalue weighted by atomic mass is 10.2. The molecule has 1 saturated heterocycles. The van der Waals surface area contributed by atoms with Gasteiger partial charge in [-0.25, -0.2) is 4.79 Å². The Morgan fingerprint density at radius 1 is 1.20 bits per heavy atom.